The highest BCUT2D eigenvalue weighted by Crippen LogP contribution is 2.29. The largest absolute Gasteiger partial charge is 0.397 e. The third kappa shape index (κ3) is 2.43. The maximum absolute atomic E-state index is 13.5. The minimum absolute atomic E-state index is 0.0613. The third-order valence-corrected chi connectivity index (χ3v) is 3.11. The van der Waals surface area contributed by atoms with Crippen LogP contribution >= 0.6 is 0 Å². The molecule has 0 saturated heterocycles. The van der Waals surface area contributed by atoms with Crippen LogP contribution in [0.3, 0.4) is 0 Å². The van der Waals surface area contributed by atoms with Crippen molar-refractivity contribution in [2.75, 3.05) is 11.1 Å². The lowest BCUT2D eigenvalue weighted by Gasteiger charge is -2.30. The van der Waals surface area contributed by atoms with Crippen LogP contribution in [0, 0.1) is 11.6 Å². The van der Waals surface area contributed by atoms with E-state index >= 15 is 0 Å². The van der Waals surface area contributed by atoms with Crippen LogP contribution in [0.4, 0.5) is 20.2 Å². The molecule has 0 atom stereocenters. The molecule has 1 aromatic carbocycles. The highest BCUT2D eigenvalue weighted by Gasteiger charge is 2.23. The summed E-state index contributed by atoms with van der Waals surface area (Å²) < 4.78 is 26.6. The van der Waals surface area contributed by atoms with Gasteiger partial charge in [-0.1, -0.05) is 13.8 Å². The predicted octanol–water partition coefficient (Wildman–Crippen LogP) is 3.54. The van der Waals surface area contributed by atoms with Gasteiger partial charge in [0, 0.05) is 5.54 Å². The molecule has 0 aliphatic carbocycles. The van der Waals surface area contributed by atoms with E-state index in [1.807, 2.05) is 20.8 Å². The highest BCUT2D eigenvalue weighted by molar-refractivity contribution is 5.67. The number of nitrogens with one attached hydrogen (secondary N) is 1. The third-order valence-electron chi connectivity index (χ3n) is 3.11. The fourth-order valence-electron chi connectivity index (χ4n) is 1.42. The SMILES string of the molecule is CCC(C)(CC)Nc1c(N)ccc(F)c1F. The number of nitrogens with two attached hydrogens (primary N) is 1. The maximum Gasteiger partial charge on any atom is 0.183 e. The van der Waals surface area contributed by atoms with Crippen molar-refractivity contribution in [2.45, 2.75) is 39.2 Å². The Kier molecular flexibility index (Phi) is 3.73. The summed E-state index contributed by atoms with van der Waals surface area (Å²) in [4.78, 5) is 0. The Labute approximate surface area is 94.8 Å². The maximum atomic E-state index is 13.5. The average Bonchev–Trinajstić information content (AvgIpc) is 2.29. The van der Waals surface area contributed by atoms with E-state index in [0.29, 0.717) is 0 Å². The van der Waals surface area contributed by atoms with E-state index < -0.39 is 11.6 Å². The summed E-state index contributed by atoms with van der Waals surface area (Å²) in [5.74, 6) is -1.79. The molecule has 0 heterocycles. The second kappa shape index (κ2) is 4.68. The van der Waals surface area contributed by atoms with Gasteiger partial charge >= 0.3 is 0 Å². The van der Waals surface area contributed by atoms with Crippen LogP contribution in [0.2, 0.25) is 0 Å². The monoisotopic (exact) mass is 228 g/mol. The molecule has 0 bridgehead atoms. The van der Waals surface area contributed by atoms with E-state index in [4.69, 9.17) is 5.73 Å². The standard InChI is InChI=1S/C12H18F2N2/c1-4-12(3,5-2)16-11-9(15)7-6-8(13)10(11)14/h6-7,16H,4-5,15H2,1-3H3. The van der Waals surface area contributed by atoms with Crippen LogP contribution in [0.15, 0.2) is 12.1 Å². The molecule has 4 heteroatoms. The first-order valence-electron chi connectivity index (χ1n) is 5.45. The van der Waals surface area contributed by atoms with Crippen molar-refractivity contribution >= 4 is 11.4 Å². The number of halogens is 2. The molecule has 90 valence electrons. The molecule has 0 aliphatic heterocycles. The van der Waals surface area contributed by atoms with Crippen LogP contribution in [0.1, 0.15) is 33.6 Å². The number of rotatable bonds is 4. The van der Waals surface area contributed by atoms with Crippen molar-refractivity contribution in [1.29, 1.82) is 0 Å². The summed E-state index contributed by atoms with van der Waals surface area (Å²) in [7, 11) is 0. The summed E-state index contributed by atoms with van der Waals surface area (Å²) in [6, 6.07) is 2.40. The lowest BCUT2D eigenvalue weighted by molar-refractivity contribution is 0.466. The Morgan fingerprint density at radius 2 is 1.81 bits per heavy atom. The molecular formula is C12H18F2N2. The number of benzene rings is 1. The fraction of sp³-hybridized carbons (Fsp3) is 0.500. The Balaban J connectivity index is 3.10. The second-order valence-electron chi connectivity index (χ2n) is 4.22. The van der Waals surface area contributed by atoms with E-state index in [2.05, 4.69) is 5.32 Å². The van der Waals surface area contributed by atoms with E-state index in [1.54, 1.807) is 0 Å². The Morgan fingerprint density at radius 1 is 1.25 bits per heavy atom. The molecule has 0 aromatic heterocycles. The fourth-order valence-corrected chi connectivity index (χ4v) is 1.42. The molecule has 0 radical (unpaired) electrons. The second-order valence-corrected chi connectivity index (χ2v) is 4.22. The zero-order valence-electron chi connectivity index (χ0n) is 9.90. The predicted molar refractivity (Wildman–Crippen MR) is 63.4 cm³/mol. The van der Waals surface area contributed by atoms with E-state index in [1.165, 1.54) is 6.07 Å². The van der Waals surface area contributed by atoms with Crippen LogP contribution < -0.4 is 11.1 Å². The zero-order valence-corrected chi connectivity index (χ0v) is 9.90. The summed E-state index contributed by atoms with van der Waals surface area (Å²) in [6.07, 6.45) is 1.61. The Hall–Kier alpha value is -1.32. The quantitative estimate of drug-likeness (QED) is 0.773. The van der Waals surface area contributed by atoms with Crippen molar-refractivity contribution in [3.8, 4) is 0 Å². The van der Waals surface area contributed by atoms with Gasteiger partial charge in [-0.05, 0) is 31.9 Å². The number of anilines is 2. The minimum Gasteiger partial charge on any atom is -0.397 e. The van der Waals surface area contributed by atoms with Crippen LogP contribution in [0.25, 0.3) is 0 Å². The number of nitrogen functional groups attached to an aromatic ring is 1. The molecule has 1 aromatic rings. The summed E-state index contributed by atoms with van der Waals surface area (Å²) in [5, 5.41) is 2.99. The molecule has 2 nitrogen and oxygen atoms in total. The topological polar surface area (TPSA) is 38.0 Å². The van der Waals surface area contributed by atoms with Gasteiger partial charge in [-0.25, -0.2) is 8.78 Å². The van der Waals surface area contributed by atoms with Crippen molar-refractivity contribution in [2.24, 2.45) is 0 Å². The van der Waals surface area contributed by atoms with Crippen molar-refractivity contribution in [3.05, 3.63) is 23.8 Å². The first-order chi connectivity index (χ1) is 7.43. The molecule has 0 saturated carbocycles. The van der Waals surface area contributed by atoms with Gasteiger partial charge in [0.15, 0.2) is 11.6 Å². The van der Waals surface area contributed by atoms with Gasteiger partial charge in [0.1, 0.15) is 0 Å². The molecule has 0 spiro atoms. The Morgan fingerprint density at radius 3 is 2.31 bits per heavy atom. The van der Waals surface area contributed by atoms with Crippen LogP contribution in [-0.4, -0.2) is 5.54 Å². The van der Waals surface area contributed by atoms with Gasteiger partial charge in [0.2, 0.25) is 0 Å². The van der Waals surface area contributed by atoms with Gasteiger partial charge in [-0.15, -0.1) is 0 Å². The molecule has 1 rings (SSSR count). The summed E-state index contributed by atoms with van der Waals surface area (Å²) >= 11 is 0. The van der Waals surface area contributed by atoms with Gasteiger partial charge < -0.3 is 11.1 Å². The average molecular weight is 228 g/mol. The smallest absolute Gasteiger partial charge is 0.183 e. The summed E-state index contributed by atoms with van der Waals surface area (Å²) in [5.41, 5.74) is 5.65. The Bertz CT molecular complexity index is 374. The molecule has 0 unspecified atom stereocenters. The van der Waals surface area contributed by atoms with E-state index in [9.17, 15) is 8.78 Å². The van der Waals surface area contributed by atoms with E-state index in [-0.39, 0.29) is 16.9 Å². The summed E-state index contributed by atoms with van der Waals surface area (Å²) in [6.45, 7) is 5.94. The van der Waals surface area contributed by atoms with Gasteiger partial charge in [-0.3, -0.25) is 0 Å². The van der Waals surface area contributed by atoms with Gasteiger partial charge in [0.05, 0.1) is 11.4 Å². The molecule has 0 fully saturated rings. The molecule has 16 heavy (non-hydrogen) atoms. The van der Waals surface area contributed by atoms with Gasteiger partial charge in [-0.2, -0.15) is 0 Å². The van der Waals surface area contributed by atoms with Gasteiger partial charge in [0.25, 0.3) is 0 Å². The van der Waals surface area contributed by atoms with Crippen LogP contribution in [0.5, 0.6) is 0 Å². The van der Waals surface area contributed by atoms with Crippen molar-refractivity contribution < 1.29 is 8.78 Å². The van der Waals surface area contributed by atoms with Crippen molar-refractivity contribution in [1.82, 2.24) is 0 Å². The molecule has 0 amide bonds. The zero-order chi connectivity index (χ0) is 12.3. The van der Waals surface area contributed by atoms with E-state index in [0.717, 1.165) is 18.9 Å². The number of hydrogen-bond acceptors (Lipinski definition) is 2. The molecule has 3 N–H and O–H groups in total. The molecular weight excluding hydrogens is 210 g/mol. The first-order valence-corrected chi connectivity index (χ1v) is 5.45. The van der Waals surface area contributed by atoms with Crippen molar-refractivity contribution in [3.63, 3.8) is 0 Å². The lowest BCUT2D eigenvalue weighted by atomic mass is 9.95. The first kappa shape index (κ1) is 12.7. The highest BCUT2D eigenvalue weighted by atomic mass is 19.2. The minimum atomic E-state index is -0.909. The lowest BCUT2D eigenvalue weighted by Crippen LogP contribution is -2.33. The molecule has 0 aliphatic rings. The normalized spacial score (nSPS) is 11.6. The van der Waals surface area contributed by atoms with Crippen LogP contribution in [-0.2, 0) is 0 Å². The number of hydrogen-bond donors (Lipinski definition) is 2.